The number of hydrogen-bond acceptors (Lipinski definition) is 4. The summed E-state index contributed by atoms with van der Waals surface area (Å²) in [5.74, 6) is -1.21. The normalized spacial score (nSPS) is 12.0. The fraction of sp³-hybridized carbons (Fsp3) is 0.333. The number of carbonyl (C=O) groups is 2. The zero-order valence-corrected chi connectivity index (χ0v) is 25.1. The van der Waals surface area contributed by atoms with Gasteiger partial charge in [0.1, 0.15) is 11.9 Å². The minimum absolute atomic E-state index is 0.0270. The van der Waals surface area contributed by atoms with Crippen molar-refractivity contribution < 1.29 is 22.4 Å². The van der Waals surface area contributed by atoms with Crippen molar-refractivity contribution in [1.82, 2.24) is 10.2 Å². The second-order valence-electron chi connectivity index (χ2n) is 9.54. The largest absolute Gasteiger partial charge is 0.354 e. The Morgan fingerprint density at radius 2 is 1.65 bits per heavy atom. The summed E-state index contributed by atoms with van der Waals surface area (Å²) in [6.07, 6.45) is 2.20. The van der Waals surface area contributed by atoms with Gasteiger partial charge in [-0.3, -0.25) is 13.9 Å². The van der Waals surface area contributed by atoms with Crippen LogP contribution < -0.4 is 9.62 Å². The number of hydrogen-bond donors (Lipinski definition) is 1. The van der Waals surface area contributed by atoms with Crippen LogP contribution in [0.3, 0.4) is 0 Å². The van der Waals surface area contributed by atoms with Gasteiger partial charge in [0.15, 0.2) is 0 Å². The molecule has 3 rings (SSSR count). The van der Waals surface area contributed by atoms with E-state index in [-0.39, 0.29) is 43.4 Å². The number of anilines is 1. The molecule has 7 nitrogen and oxygen atoms in total. The van der Waals surface area contributed by atoms with Gasteiger partial charge in [0.05, 0.1) is 11.9 Å². The van der Waals surface area contributed by atoms with E-state index in [4.69, 9.17) is 0 Å². The first-order valence-corrected chi connectivity index (χ1v) is 15.8. The predicted molar refractivity (Wildman–Crippen MR) is 160 cm³/mol. The van der Waals surface area contributed by atoms with Crippen molar-refractivity contribution in [3.63, 3.8) is 0 Å². The molecule has 1 unspecified atom stereocenters. The van der Waals surface area contributed by atoms with Crippen LogP contribution in [-0.4, -0.2) is 50.5 Å². The molecule has 214 valence electrons. The summed E-state index contributed by atoms with van der Waals surface area (Å²) in [5, 5.41) is 2.94. The lowest BCUT2D eigenvalue weighted by molar-refractivity contribution is -0.141. The smallest absolute Gasteiger partial charge is 0.243 e. The third kappa shape index (κ3) is 9.16. The minimum Gasteiger partial charge on any atom is -0.354 e. The number of rotatable bonds is 14. The van der Waals surface area contributed by atoms with E-state index in [2.05, 4.69) is 21.2 Å². The first kappa shape index (κ1) is 31.3. The molecule has 0 aromatic heterocycles. The van der Waals surface area contributed by atoms with E-state index >= 15 is 0 Å². The van der Waals surface area contributed by atoms with Gasteiger partial charge in [-0.15, -0.1) is 0 Å². The van der Waals surface area contributed by atoms with E-state index in [1.54, 1.807) is 11.0 Å². The van der Waals surface area contributed by atoms with Crippen molar-refractivity contribution in [2.75, 3.05) is 23.7 Å². The highest BCUT2D eigenvalue weighted by Crippen LogP contribution is 2.23. The molecule has 0 bridgehead atoms. The highest BCUT2D eigenvalue weighted by molar-refractivity contribution is 9.10. The Bertz CT molecular complexity index is 1390. The third-order valence-electron chi connectivity index (χ3n) is 6.34. The molecule has 0 saturated heterocycles. The molecule has 10 heteroatoms. The van der Waals surface area contributed by atoms with Crippen molar-refractivity contribution in [2.45, 2.75) is 45.2 Å². The Kier molecular flexibility index (Phi) is 11.7. The molecule has 0 radical (unpaired) electrons. The molecule has 3 aromatic rings. The van der Waals surface area contributed by atoms with Crippen LogP contribution in [0.25, 0.3) is 0 Å². The Morgan fingerprint density at radius 1 is 0.975 bits per heavy atom. The molecule has 0 aliphatic carbocycles. The molecule has 2 amide bonds. The van der Waals surface area contributed by atoms with Gasteiger partial charge in [-0.2, -0.15) is 0 Å². The first-order chi connectivity index (χ1) is 19.1. The van der Waals surface area contributed by atoms with E-state index < -0.39 is 21.9 Å². The zero-order valence-electron chi connectivity index (χ0n) is 22.7. The lowest BCUT2D eigenvalue weighted by atomic mass is 10.0. The molecule has 1 atom stereocenters. The Morgan fingerprint density at radius 3 is 2.30 bits per heavy atom. The lowest BCUT2D eigenvalue weighted by Crippen LogP contribution is -2.50. The van der Waals surface area contributed by atoms with Crippen molar-refractivity contribution in [3.05, 3.63) is 100 Å². The molecule has 40 heavy (non-hydrogen) atoms. The van der Waals surface area contributed by atoms with Gasteiger partial charge in [0, 0.05) is 36.9 Å². The Balaban J connectivity index is 1.88. The maximum absolute atomic E-state index is 14.4. The number of nitrogens with zero attached hydrogens (tertiary/aromatic N) is 2. The fourth-order valence-electron chi connectivity index (χ4n) is 4.39. The van der Waals surface area contributed by atoms with Crippen molar-refractivity contribution in [3.8, 4) is 0 Å². The maximum atomic E-state index is 14.4. The highest BCUT2D eigenvalue weighted by Gasteiger charge is 2.30. The second kappa shape index (κ2) is 14.9. The predicted octanol–water partition coefficient (Wildman–Crippen LogP) is 5.30. The molecular weight excluding hydrogens is 597 g/mol. The number of amides is 2. The Labute approximate surface area is 244 Å². The molecule has 0 saturated carbocycles. The van der Waals surface area contributed by atoms with Crippen LogP contribution in [0.1, 0.15) is 37.3 Å². The van der Waals surface area contributed by atoms with Gasteiger partial charge in [0.25, 0.3) is 0 Å². The van der Waals surface area contributed by atoms with Crippen molar-refractivity contribution >= 4 is 43.5 Å². The van der Waals surface area contributed by atoms with E-state index in [1.165, 1.54) is 18.2 Å². The maximum Gasteiger partial charge on any atom is 0.243 e. The standard InChI is InChI=1S/C30H35BrFN3O4S/c1-3-18-33-30(37)28(21-23-11-5-4-6-12-23)34(22-24-13-9-14-25(31)20-24)29(36)17-10-19-35(40(2,38)39)27-16-8-7-15-26(27)32/h4-9,11-16,20,28H,3,10,17-19,21-22H2,1-2H3,(H,33,37). The van der Waals surface area contributed by atoms with Gasteiger partial charge < -0.3 is 10.2 Å². The van der Waals surface area contributed by atoms with Gasteiger partial charge >= 0.3 is 0 Å². The highest BCUT2D eigenvalue weighted by atomic mass is 79.9. The summed E-state index contributed by atoms with van der Waals surface area (Å²) in [4.78, 5) is 28.7. The number of carbonyl (C=O) groups excluding carboxylic acids is 2. The molecule has 0 heterocycles. The number of benzene rings is 3. The average Bonchev–Trinajstić information content (AvgIpc) is 2.92. The molecule has 0 aliphatic heterocycles. The van der Waals surface area contributed by atoms with Crippen LogP contribution in [0.4, 0.5) is 10.1 Å². The molecule has 0 fully saturated rings. The molecule has 3 aromatic carbocycles. The van der Waals surface area contributed by atoms with Crippen LogP contribution in [0.15, 0.2) is 83.3 Å². The van der Waals surface area contributed by atoms with Crippen LogP contribution in [0.5, 0.6) is 0 Å². The number of nitrogens with one attached hydrogen (secondary N) is 1. The van der Waals surface area contributed by atoms with Crippen LogP contribution in [0, 0.1) is 5.82 Å². The SMILES string of the molecule is CCCNC(=O)C(Cc1ccccc1)N(Cc1cccc(Br)c1)C(=O)CCCN(c1ccccc1F)S(C)(=O)=O. The summed E-state index contributed by atoms with van der Waals surface area (Å²) in [7, 11) is -3.79. The van der Waals surface area contributed by atoms with Crippen LogP contribution >= 0.6 is 15.9 Å². The summed E-state index contributed by atoms with van der Waals surface area (Å²) in [6.45, 7) is 2.55. The first-order valence-electron chi connectivity index (χ1n) is 13.2. The zero-order chi connectivity index (χ0) is 29.1. The van der Waals surface area contributed by atoms with Gasteiger partial charge in [0.2, 0.25) is 21.8 Å². The van der Waals surface area contributed by atoms with Crippen molar-refractivity contribution in [2.24, 2.45) is 0 Å². The minimum atomic E-state index is -3.79. The van der Waals surface area contributed by atoms with Crippen LogP contribution in [-0.2, 0) is 32.6 Å². The monoisotopic (exact) mass is 631 g/mol. The summed E-state index contributed by atoms with van der Waals surface area (Å²) >= 11 is 3.47. The molecule has 0 aliphatic rings. The topological polar surface area (TPSA) is 86.8 Å². The van der Waals surface area contributed by atoms with E-state index in [1.807, 2.05) is 61.5 Å². The number of halogens is 2. The van der Waals surface area contributed by atoms with E-state index in [9.17, 15) is 22.4 Å². The summed E-state index contributed by atoms with van der Waals surface area (Å²) in [6, 6.07) is 21.9. The fourth-order valence-corrected chi connectivity index (χ4v) is 5.80. The second-order valence-corrected chi connectivity index (χ2v) is 12.4. The van der Waals surface area contributed by atoms with Crippen molar-refractivity contribution in [1.29, 1.82) is 0 Å². The van der Waals surface area contributed by atoms with Gasteiger partial charge in [-0.05, 0) is 48.2 Å². The van der Waals surface area contributed by atoms with E-state index in [0.29, 0.717) is 13.0 Å². The summed E-state index contributed by atoms with van der Waals surface area (Å²) in [5.41, 5.74) is 1.69. The van der Waals surface area contributed by atoms with Gasteiger partial charge in [-0.1, -0.05) is 77.5 Å². The molecule has 1 N–H and O–H groups in total. The Hall–Kier alpha value is -3.24. The lowest BCUT2D eigenvalue weighted by Gasteiger charge is -2.32. The average molecular weight is 633 g/mol. The number of sulfonamides is 1. The van der Waals surface area contributed by atoms with E-state index in [0.717, 1.165) is 32.6 Å². The number of para-hydroxylation sites is 1. The quantitative estimate of drug-likeness (QED) is 0.262. The van der Waals surface area contributed by atoms with Gasteiger partial charge in [-0.25, -0.2) is 12.8 Å². The van der Waals surface area contributed by atoms with Crippen LogP contribution in [0.2, 0.25) is 0 Å². The molecule has 0 spiro atoms. The summed E-state index contributed by atoms with van der Waals surface area (Å²) < 4.78 is 41.2. The third-order valence-corrected chi connectivity index (χ3v) is 8.01. The molecular formula is C30H35BrFN3O4S.